The van der Waals surface area contributed by atoms with Gasteiger partial charge in [0.05, 0.1) is 33.5 Å². The van der Waals surface area contributed by atoms with E-state index in [1.54, 1.807) is 0 Å². The molecular formula is C32H60N2O8. The summed E-state index contributed by atoms with van der Waals surface area (Å²) in [5.74, 6) is 0.0533. The van der Waals surface area contributed by atoms with Crippen molar-refractivity contribution in [2.75, 3.05) is 46.6 Å². The van der Waals surface area contributed by atoms with Crippen molar-refractivity contribution in [1.82, 2.24) is 5.32 Å². The van der Waals surface area contributed by atoms with E-state index in [4.69, 9.17) is 29.4 Å². The van der Waals surface area contributed by atoms with Crippen molar-refractivity contribution >= 4 is 11.9 Å². The van der Waals surface area contributed by atoms with Crippen LogP contribution < -0.4 is 11.1 Å². The first-order chi connectivity index (χ1) is 20.6. The van der Waals surface area contributed by atoms with Gasteiger partial charge in [-0.25, -0.2) is 0 Å². The highest BCUT2D eigenvalue weighted by atomic mass is 16.7. The van der Waals surface area contributed by atoms with Gasteiger partial charge in [-0.2, -0.15) is 0 Å². The largest absolute Gasteiger partial charge is 0.469 e. The van der Waals surface area contributed by atoms with Crippen LogP contribution in [0.15, 0.2) is 0 Å². The number of nitrogens with one attached hydrogen (secondary N) is 1. The molecule has 2 rings (SSSR count). The number of carbonyl (C=O) groups excluding carboxylic acids is 2. The molecule has 0 aromatic carbocycles. The molecule has 246 valence electrons. The highest BCUT2D eigenvalue weighted by Gasteiger charge is 2.28. The van der Waals surface area contributed by atoms with Crippen molar-refractivity contribution in [2.24, 2.45) is 5.73 Å². The van der Waals surface area contributed by atoms with E-state index in [0.717, 1.165) is 103 Å². The Hall–Kier alpha value is -1.30. The van der Waals surface area contributed by atoms with Gasteiger partial charge in [0, 0.05) is 19.4 Å². The molecule has 0 aliphatic carbocycles. The van der Waals surface area contributed by atoms with Crippen LogP contribution in [0.4, 0.5) is 0 Å². The fourth-order valence-electron chi connectivity index (χ4n) is 5.28. The van der Waals surface area contributed by atoms with Crippen molar-refractivity contribution in [3.8, 4) is 0 Å². The minimum absolute atomic E-state index is 0.0308. The van der Waals surface area contributed by atoms with Gasteiger partial charge in [-0.3, -0.25) is 9.59 Å². The van der Waals surface area contributed by atoms with E-state index < -0.39 is 0 Å². The second-order valence-corrected chi connectivity index (χ2v) is 11.7. The van der Waals surface area contributed by atoms with Crippen molar-refractivity contribution < 1.29 is 38.0 Å². The van der Waals surface area contributed by atoms with Gasteiger partial charge in [0.15, 0.2) is 12.6 Å². The van der Waals surface area contributed by atoms with Gasteiger partial charge >= 0.3 is 5.97 Å². The van der Waals surface area contributed by atoms with Crippen LogP contribution in [0.1, 0.15) is 122 Å². The van der Waals surface area contributed by atoms with Gasteiger partial charge in [-0.05, 0) is 57.9 Å². The second kappa shape index (κ2) is 25.1. The SMILES string of the molecule is COC(=O)CCCCCCCC1OCC(COCC2COC(CCCCCCCC(=O)NCCCCCCCN)O2)O1. The molecule has 0 bridgehead atoms. The van der Waals surface area contributed by atoms with Crippen molar-refractivity contribution in [3.05, 3.63) is 0 Å². The molecule has 0 aromatic rings. The van der Waals surface area contributed by atoms with Crippen LogP contribution >= 0.6 is 0 Å². The first-order valence-corrected chi connectivity index (χ1v) is 16.8. The van der Waals surface area contributed by atoms with Crippen LogP contribution in [0.2, 0.25) is 0 Å². The maximum atomic E-state index is 11.9. The monoisotopic (exact) mass is 600 g/mol. The number of rotatable bonds is 27. The van der Waals surface area contributed by atoms with E-state index in [2.05, 4.69) is 10.1 Å². The second-order valence-electron chi connectivity index (χ2n) is 11.7. The number of unbranched alkanes of at least 4 members (excludes halogenated alkanes) is 12. The van der Waals surface area contributed by atoms with Crippen LogP contribution in [0, 0.1) is 0 Å². The molecule has 10 nitrogen and oxygen atoms in total. The molecule has 0 saturated carbocycles. The number of hydrogen-bond acceptors (Lipinski definition) is 9. The maximum absolute atomic E-state index is 11.9. The predicted octanol–water partition coefficient (Wildman–Crippen LogP) is 5.15. The molecule has 2 saturated heterocycles. The Morgan fingerprint density at radius 3 is 1.76 bits per heavy atom. The molecule has 3 N–H and O–H groups in total. The fraction of sp³-hybridized carbons (Fsp3) is 0.938. The molecule has 10 heteroatoms. The summed E-state index contributed by atoms with van der Waals surface area (Å²) in [4.78, 5) is 23.1. The lowest BCUT2D eigenvalue weighted by molar-refractivity contribution is -0.140. The number of hydrogen-bond donors (Lipinski definition) is 2. The summed E-state index contributed by atoms with van der Waals surface area (Å²) >= 11 is 0. The molecule has 2 aliphatic rings. The summed E-state index contributed by atoms with van der Waals surface area (Å²) in [7, 11) is 1.43. The van der Waals surface area contributed by atoms with Gasteiger partial charge in [-0.15, -0.1) is 0 Å². The first-order valence-electron chi connectivity index (χ1n) is 16.8. The Morgan fingerprint density at radius 1 is 0.690 bits per heavy atom. The number of esters is 1. The zero-order valence-corrected chi connectivity index (χ0v) is 26.3. The quantitative estimate of drug-likeness (QED) is 0.0972. The lowest BCUT2D eigenvalue weighted by Gasteiger charge is -2.14. The molecule has 0 spiro atoms. The zero-order chi connectivity index (χ0) is 30.1. The van der Waals surface area contributed by atoms with Gasteiger partial charge in [0.2, 0.25) is 5.91 Å². The number of carbonyl (C=O) groups is 2. The molecule has 0 aromatic heterocycles. The van der Waals surface area contributed by atoms with E-state index in [0.29, 0.717) is 39.3 Å². The Labute approximate surface area is 254 Å². The van der Waals surface area contributed by atoms with Gasteiger partial charge < -0.3 is 39.5 Å². The molecule has 2 fully saturated rings. The Morgan fingerprint density at radius 2 is 1.19 bits per heavy atom. The highest BCUT2D eigenvalue weighted by molar-refractivity contribution is 5.75. The Bertz CT molecular complexity index is 683. The Balaban J connectivity index is 1.34. The zero-order valence-electron chi connectivity index (χ0n) is 26.3. The Kier molecular flexibility index (Phi) is 22.0. The third-order valence-electron chi connectivity index (χ3n) is 7.83. The summed E-state index contributed by atoms with van der Waals surface area (Å²) < 4.78 is 34.0. The van der Waals surface area contributed by atoms with E-state index in [1.165, 1.54) is 26.4 Å². The molecule has 2 heterocycles. The van der Waals surface area contributed by atoms with Crippen LogP contribution in [0.5, 0.6) is 0 Å². The van der Waals surface area contributed by atoms with Crippen LogP contribution in [-0.2, 0) is 38.0 Å². The van der Waals surface area contributed by atoms with Crippen molar-refractivity contribution in [3.63, 3.8) is 0 Å². The molecular weight excluding hydrogens is 540 g/mol. The van der Waals surface area contributed by atoms with Gasteiger partial charge in [0.1, 0.15) is 12.2 Å². The van der Waals surface area contributed by atoms with E-state index in [9.17, 15) is 9.59 Å². The first kappa shape index (κ1) is 36.9. The average molecular weight is 601 g/mol. The molecule has 1 amide bonds. The fourth-order valence-corrected chi connectivity index (χ4v) is 5.28. The number of ether oxygens (including phenoxy) is 6. The summed E-state index contributed by atoms with van der Waals surface area (Å²) in [6.07, 6.45) is 18.9. The molecule has 4 atom stereocenters. The van der Waals surface area contributed by atoms with Crippen LogP contribution in [0.25, 0.3) is 0 Å². The summed E-state index contributed by atoms with van der Waals surface area (Å²) in [6, 6.07) is 0. The lowest BCUT2D eigenvalue weighted by atomic mass is 10.1. The van der Waals surface area contributed by atoms with E-state index >= 15 is 0 Å². The molecule has 2 aliphatic heterocycles. The molecule has 42 heavy (non-hydrogen) atoms. The van der Waals surface area contributed by atoms with E-state index in [1.807, 2.05) is 0 Å². The van der Waals surface area contributed by atoms with Gasteiger partial charge in [0.25, 0.3) is 0 Å². The summed E-state index contributed by atoms with van der Waals surface area (Å²) in [5, 5.41) is 3.04. The third kappa shape index (κ3) is 19.1. The number of methoxy groups -OCH3 is 1. The standard InChI is InChI=1S/C32H60N2O8/c1-37-30(36)18-12-6-3-8-14-20-32-40-26-28(42-32)24-38-23-27-25-39-31(41-27)19-13-7-2-5-11-17-29(35)34-22-16-10-4-9-15-21-33/h27-28,31-32H,2-26,33H2,1H3,(H,34,35). The lowest BCUT2D eigenvalue weighted by Crippen LogP contribution is -2.25. The normalized spacial score (nSPS) is 22.0. The molecule has 0 radical (unpaired) electrons. The summed E-state index contributed by atoms with van der Waals surface area (Å²) in [6.45, 7) is 3.70. The predicted molar refractivity (Wildman–Crippen MR) is 162 cm³/mol. The number of nitrogens with two attached hydrogens (primary N) is 1. The van der Waals surface area contributed by atoms with Gasteiger partial charge in [-0.1, -0.05) is 57.8 Å². The highest BCUT2D eigenvalue weighted by Crippen LogP contribution is 2.21. The van der Waals surface area contributed by atoms with Crippen LogP contribution in [0.3, 0.4) is 0 Å². The van der Waals surface area contributed by atoms with E-state index in [-0.39, 0.29) is 36.7 Å². The average Bonchev–Trinajstić information content (AvgIpc) is 3.65. The minimum atomic E-state index is -0.145. The third-order valence-corrected chi connectivity index (χ3v) is 7.83. The van der Waals surface area contributed by atoms with Crippen LogP contribution in [-0.4, -0.2) is 83.3 Å². The smallest absolute Gasteiger partial charge is 0.305 e. The number of amides is 1. The summed E-state index contributed by atoms with van der Waals surface area (Å²) in [5.41, 5.74) is 5.50. The topological polar surface area (TPSA) is 128 Å². The van der Waals surface area contributed by atoms with Crippen molar-refractivity contribution in [1.29, 1.82) is 0 Å². The maximum Gasteiger partial charge on any atom is 0.305 e. The van der Waals surface area contributed by atoms with Crippen molar-refractivity contribution in [2.45, 2.75) is 147 Å². The minimum Gasteiger partial charge on any atom is -0.469 e. The molecule has 4 unspecified atom stereocenters.